The summed E-state index contributed by atoms with van der Waals surface area (Å²) in [5.74, 6) is -0.421. The molecular formula is C14H12O4. The molecule has 92 valence electrons. The Hall–Kier alpha value is -2.49. The van der Waals surface area contributed by atoms with E-state index in [2.05, 4.69) is 0 Å². The summed E-state index contributed by atoms with van der Waals surface area (Å²) in [6.45, 7) is 0. The lowest BCUT2D eigenvalue weighted by Crippen LogP contribution is -1.97. The number of carboxylic acid groups (broad SMARTS) is 1. The van der Waals surface area contributed by atoms with Crippen molar-refractivity contribution in [3.63, 3.8) is 0 Å². The van der Waals surface area contributed by atoms with Crippen LogP contribution in [0, 0.1) is 0 Å². The van der Waals surface area contributed by atoms with Gasteiger partial charge in [0.15, 0.2) is 0 Å². The van der Waals surface area contributed by atoms with Gasteiger partial charge in [-0.15, -0.1) is 0 Å². The number of aromatic hydroxyl groups is 1. The Morgan fingerprint density at radius 1 is 1.11 bits per heavy atom. The second kappa shape index (κ2) is 4.79. The molecule has 0 aliphatic heterocycles. The van der Waals surface area contributed by atoms with E-state index < -0.39 is 5.97 Å². The van der Waals surface area contributed by atoms with Crippen molar-refractivity contribution in [3.8, 4) is 22.6 Å². The number of rotatable bonds is 3. The average molecular weight is 244 g/mol. The van der Waals surface area contributed by atoms with Gasteiger partial charge in [-0.2, -0.15) is 0 Å². The number of ether oxygens (including phenoxy) is 1. The van der Waals surface area contributed by atoms with Gasteiger partial charge >= 0.3 is 5.97 Å². The van der Waals surface area contributed by atoms with Gasteiger partial charge in [0, 0.05) is 0 Å². The molecule has 2 aromatic carbocycles. The minimum absolute atomic E-state index is 0.132. The maximum atomic E-state index is 11.0. The predicted octanol–water partition coefficient (Wildman–Crippen LogP) is 2.77. The molecule has 0 bridgehead atoms. The summed E-state index contributed by atoms with van der Waals surface area (Å²) in [6.07, 6.45) is 0. The van der Waals surface area contributed by atoms with Gasteiger partial charge in [-0.05, 0) is 41.5 Å². The number of methoxy groups -OCH3 is 1. The number of hydrogen-bond acceptors (Lipinski definition) is 3. The number of carbonyl (C=O) groups is 1. The fraction of sp³-hybridized carbons (Fsp3) is 0.0714. The van der Waals surface area contributed by atoms with Gasteiger partial charge in [-0.1, -0.05) is 12.1 Å². The Balaban J connectivity index is 2.56. The van der Waals surface area contributed by atoms with Gasteiger partial charge in [0.05, 0.1) is 12.7 Å². The highest BCUT2D eigenvalue weighted by Gasteiger charge is 2.09. The van der Waals surface area contributed by atoms with E-state index in [1.54, 1.807) is 36.4 Å². The second-order valence-corrected chi connectivity index (χ2v) is 3.81. The Labute approximate surface area is 104 Å². The number of hydrogen-bond donors (Lipinski definition) is 2. The lowest BCUT2D eigenvalue weighted by Gasteiger charge is -2.07. The zero-order valence-corrected chi connectivity index (χ0v) is 9.75. The van der Waals surface area contributed by atoms with Gasteiger partial charge in [-0.25, -0.2) is 4.79 Å². The molecule has 0 unspecified atom stereocenters. The van der Waals surface area contributed by atoms with Gasteiger partial charge < -0.3 is 14.9 Å². The van der Waals surface area contributed by atoms with E-state index in [1.807, 2.05) is 0 Å². The predicted molar refractivity (Wildman–Crippen MR) is 67.1 cm³/mol. The largest absolute Gasteiger partial charge is 0.508 e. The molecule has 18 heavy (non-hydrogen) atoms. The van der Waals surface area contributed by atoms with E-state index in [9.17, 15) is 9.90 Å². The minimum atomic E-state index is -1.02. The number of phenols is 1. The molecule has 0 fully saturated rings. The highest BCUT2D eigenvalue weighted by atomic mass is 16.5. The van der Waals surface area contributed by atoms with Crippen LogP contribution in [0.1, 0.15) is 10.4 Å². The molecular weight excluding hydrogens is 232 g/mol. The second-order valence-electron chi connectivity index (χ2n) is 3.81. The molecule has 0 atom stereocenters. The molecule has 2 rings (SSSR count). The summed E-state index contributed by atoms with van der Waals surface area (Å²) in [5, 5.41) is 18.5. The lowest BCUT2D eigenvalue weighted by atomic mass is 10.0. The van der Waals surface area contributed by atoms with Crippen molar-refractivity contribution in [2.45, 2.75) is 0 Å². The van der Waals surface area contributed by atoms with Crippen molar-refractivity contribution >= 4 is 5.97 Å². The maximum absolute atomic E-state index is 11.0. The topological polar surface area (TPSA) is 66.8 Å². The first kappa shape index (κ1) is 12.0. The molecule has 4 nitrogen and oxygen atoms in total. The molecule has 0 saturated carbocycles. The molecule has 0 heterocycles. The molecule has 2 aromatic rings. The van der Waals surface area contributed by atoms with Crippen LogP contribution in [-0.2, 0) is 0 Å². The Bertz CT molecular complexity index is 590. The van der Waals surface area contributed by atoms with Crippen molar-refractivity contribution in [2.24, 2.45) is 0 Å². The Morgan fingerprint density at radius 2 is 1.89 bits per heavy atom. The van der Waals surface area contributed by atoms with E-state index in [4.69, 9.17) is 9.84 Å². The van der Waals surface area contributed by atoms with Crippen molar-refractivity contribution in [1.29, 1.82) is 0 Å². The zero-order chi connectivity index (χ0) is 13.1. The molecule has 0 aromatic heterocycles. The number of benzene rings is 2. The van der Waals surface area contributed by atoms with E-state index >= 15 is 0 Å². The van der Waals surface area contributed by atoms with Gasteiger partial charge in [0.1, 0.15) is 11.5 Å². The van der Waals surface area contributed by atoms with E-state index in [-0.39, 0.29) is 11.3 Å². The number of phenolic OH excluding ortho intramolecular Hbond substituents is 1. The summed E-state index contributed by atoms with van der Waals surface area (Å²) in [7, 11) is 1.48. The van der Waals surface area contributed by atoms with E-state index in [0.717, 1.165) is 5.56 Å². The van der Waals surface area contributed by atoms with Crippen molar-refractivity contribution in [1.82, 2.24) is 0 Å². The highest BCUT2D eigenvalue weighted by Crippen LogP contribution is 2.28. The summed E-state index contributed by atoms with van der Waals surface area (Å²) >= 11 is 0. The van der Waals surface area contributed by atoms with Crippen molar-refractivity contribution in [2.75, 3.05) is 7.11 Å². The minimum Gasteiger partial charge on any atom is -0.508 e. The molecule has 0 aliphatic rings. The van der Waals surface area contributed by atoms with Crippen LogP contribution in [0.2, 0.25) is 0 Å². The summed E-state index contributed by atoms with van der Waals surface area (Å²) in [6, 6.07) is 11.3. The maximum Gasteiger partial charge on any atom is 0.335 e. The van der Waals surface area contributed by atoms with Crippen LogP contribution in [-0.4, -0.2) is 23.3 Å². The molecule has 0 radical (unpaired) electrons. The third kappa shape index (κ3) is 2.43. The first-order chi connectivity index (χ1) is 8.60. The van der Waals surface area contributed by atoms with Crippen LogP contribution >= 0.6 is 0 Å². The SMILES string of the molecule is COc1cc(C(=O)O)cc(-c2cccc(O)c2)c1. The first-order valence-corrected chi connectivity index (χ1v) is 5.32. The van der Waals surface area contributed by atoms with Crippen LogP contribution in [0.5, 0.6) is 11.5 Å². The third-order valence-corrected chi connectivity index (χ3v) is 2.57. The summed E-state index contributed by atoms with van der Waals surface area (Å²) in [4.78, 5) is 11.0. The molecule has 2 N–H and O–H groups in total. The summed E-state index contributed by atoms with van der Waals surface area (Å²) < 4.78 is 5.07. The molecule has 0 aliphatic carbocycles. The molecule has 0 spiro atoms. The smallest absolute Gasteiger partial charge is 0.335 e. The highest BCUT2D eigenvalue weighted by molar-refractivity contribution is 5.90. The van der Waals surface area contributed by atoms with Gasteiger partial charge in [0.25, 0.3) is 0 Å². The van der Waals surface area contributed by atoms with Crippen molar-refractivity contribution < 1.29 is 19.7 Å². The normalized spacial score (nSPS) is 10.1. The van der Waals surface area contributed by atoms with Gasteiger partial charge in [-0.3, -0.25) is 0 Å². The van der Waals surface area contributed by atoms with Crippen LogP contribution < -0.4 is 4.74 Å². The zero-order valence-electron chi connectivity index (χ0n) is 9.75. The fourth-order valence-corrected chi connectivity index (χ4v) is 1.69. The molecule has 0 saturated heterocycles. The number of aromatic carboxylic acids is 1. The van der Waals surface area contributed by atoms with Crippen LogP contribution in [0.4, 0.5) is 0 Å². The number of carboxylic acids is 1. The van der Waals surface area contributed by atoms with Gasteiger partial charge in [0.2, 0.25) is 0 Å². The Morgan fingerprint density at radius 3 is 2.50 bits per heavy atom. The Kier molecular flexibility index (Phi) is 3.19. The molecule has 0 amide bonds. The summed E-state index contributed by atoms with van der Waals surface area (Å²) in [5.41, 5.74) is 1.56. The standard InChI is InChI=1S/C14H12O4/c1-18-13-7-10(5-11(8-13)14(16)17)9-3-2-4-12(15)6-9/h2-8,15H,1H3,(H,16,17). The average Bonchev–Trinajstić information content (AvgIpc) is 2.38. The third-order valence-electron chi connectivity index (χ3n) is 2.57. The monoisotopic (exact) mass is 244 g/mol. The quantitative estimate of drug-likeness (QED) is 0.871. The van der Waals surface area contributed by atoms with Crippen LogP contribution in [0.3, 0.4) is 0 Å². The van der Waals surface area contributed by atoms with E-state index in [1.165, 1.54) is 13.2 Å². The van der Waals surface area contributed by atoms with E-state index in [0.29, 0.717) is 11.3 Å². The van der Waals surface area contributed by atoms with Crippen LogP contribution in [0.15, 0.2) is 42.5 Å². The molecule has 4 heteroatoms. The first-order valence-electron chi connectivity index (χ1n) is 5.32. The van der Waals surface area contributed by atoms with Crippen molar-refractivity contribution in [3.05, 3.63) is 48.0 Å². The van der Waals surface area contributed by atoms with Crippen LogP contribution in [0.25, 0.3) is 11.1 Å². The lowest BCUT2D eigenvalue weighted by molar-refractivity contribution is 0.0696. The fourth-order valence-electron chi connectivity index (χ4n) is 1.69.